The van der Waals surface area contributed by atoms with Crippen molar-refractivity contribution in [1.29, 1.82) is 0 Å². The minimum Gasteiger partial charge on any atom is -0.466 e. The maximum absolute atomic E-state index is 11.1. The Balaban J connectivity index is 1.81. The average Bonchev–Trinajstić information content (AvgIpc) is 2.30. The number of rotatable bonds is 10. The van der Waals surface area contributed by atoms with Gasteiger partial charge in [0.15, 0.2) is 0 Å². The highest BCUT2D eigenvalue weighted by Gasteiger charge is 2.28. The number of carbonyl (C=O) groups is 1. The Morgan fingerprint density at radius 1 is 1.17 bits per heavy atom. The molecule has 0 aromatic heterocycles. The number of hydrogen-bond acceptors (Lipinski definition) is 4. The summed E-state index contributed by atoms with van der Waals surface area (Å²) in [6.45, 7) is 6.25. The third-order valence-electron chi connectivity index (χ3n) is 3.29. The topological polar surface area (TPSA) is 47.6 Å². The van der Waals surface area contributed by atoms with Gasteiger partial charge in [0.1, 0.15) is 0 Å². The molecule has 1 N–H and O–H groups in total. The van der Waals surface area contributed by atoms with E-state index in [2.05, 4.69) is 5.32 Å². The fourth-order valence-electron chi connectivity index (χ4n) is 2.21. The van der Waals surface area contributed by atoms with Crippen LogP contribution in [0.2, 0.25) is 0 Å². The van der Waals surface area contributed by atoms with Crippen LogP contribution in [0.4, 0.5) is 0 Å². The normalized spacial score (nSPS) is 22.6. The summed E-state index contributed by atoms with van der Waals surface area (Å²) in [5.41, 5.74) is 0. The first kappa shape index (κ1) is 15.4. The summed E-state index contributed by atoms with van der Waals surface area (Å²) < 4.78 is 10.4. The lowest BCUT2D eigenvalue weighted by Crippen LogP contribution is -2.45. The van der Waals surface area contributed by atoms with E-state index in [9.17, 15) is 4.79 Å². The number of nitrogens with one attached hydrogen (secondary N) is 1. The summed E-state index contributed by atoms with van der Waals surface area (Å²) in [5.74, 6) is -0.0657. The minimum atomic E-state index is -0.0657. The predicted molar refractivity (Wildman–Crippen MR) is 71.5 cm³/mol. The molecule has 0 amide bonds. The Hall–Kier alpha value is -0.610. The molecule has 0 saturated heterocycles. The second kappa shape index (κ2) is 9.34. The van der Waals surface area contributed by atoms with E-state index < -0.39 is 0 Å². The number of unbranched alkanes of at least 4 members (excludes halogenated alkanes) is 2. The molecule has 18 heavy (non-hydrogen) atoms. The lowest BCUT2D eigenvalue weighted by atomic mass is 9.89. The Morgan fingerprint density at radius 3 is 2.61 bits per heavy atom. The first-order valence-corrected chi connectivity index (χ1v) is 7.26. The van der Waals surface area contributed by atoms with Crippen molar-refractivity contribution in [2.75, 3.05) is 19.8 Å². The zero-order chi connectivity index (χ0) is 13.2. The summed E-state index contributed by atoms with van der Waals surface area (Å²) in [4.78, 5) is 11.1. The fraction of sp³-hybridized carbons (Fsp3) is 0.929. The van der Waals surface area contributed by atoms with Gasteiger partial charge in [-0.2, -0.15) is 0 Å². The van der Waals surface area contributed by atoms with Gasteiger partial charge in [0.2, 0.25) is 0 Å². The Kier molecular flexibility index (Phi) is 8.01. The van der Waals surface area contributed by atoms with Crippen LogP contribution in [-0.2, 0) is 14.3 Å². The van der Waals surface area contributed by atoms with E-state index in [0.29, 0.717) is 25.2 Å². The van der Waals surface area contributed by atoms with Crippen molar-refractivity contribution in [2.45, 2.75) is 64.5 Å². The molecule has 0 radical (unpaired) electrons. The quantitative estimate of drug-likeness (QED) is 0.482. The van der Waals surface area contributed by atoms with Gasteiger partial charge in [0.25, 0.3) is 0 Å². The SMILES string of the molecule is CCOC(=O)CCCCCNC1CC(OCC)C1. The first-order chi connectivity index (χ1) is 8.76. The highest BCUT2D eigenvalue weighted by molar-refractivity contribution is 5.69. The summed E-state index contributed by atoms with van der Waals surface area (Å²) in [7, 11) is 0. The maximum Gasteiger partial charge on any atom is 0.305 e. The smallest absolute Gasteiger partial charge is 0.305 e. The summed E-state index contributed by atoms with van der Waals surface area (Å²) >= 11 is 0. The van der Waals surface area contributed by atoms with Crippen molar-refractivity contribution < 1.29 is 14.3 Å². The van der Waals surface area contributed by atoms with Crippen LogP contribution in [0.15, 0.2) is 0 Å². The van der Waals surface area contributed by atoms with Gasteiger partial charge in [0, 0.05) is 19.1 Å². The van der Waals surface area contributed by atoms with Crippen LogP contribution in [0, 0.1) is 0 Å². The van der Waals surface area contributed by atoms with Gasteiger partial charge in [-0.15, -0.1) is 0 Å². The van der Waals surface area contributed by atoms with Gasteiger partial charge in [-0.25, -0.2) is 0 Å². The first-order valence-electron chi connectivity index (χ1n) is 7.26. The van der Waals surface area contributed by atoms with E-state index in [0.717, 1.165) is 45.3 Å². The van der Waals surface area contributed by atoms with Gasteiger partial charge in [-0.05, 0) is 46.1 Å². The highest BCUT2D eigenvalue weighted by Crippen LogP contribution is 2.23. The molecule has 0 aliphatic heterocycles. The van der Waals surface area contributed by atoms with Gasteiger partial charge in [0.05, 0.1) is 12.7 Å². The Morgan fingerprint density at radius 2 is 1.94 bits per heavy atom. The molecular formula is C14H27NO3. The average molecular weight is 257 g/mol. The largest absolute Gasteiger partial charge is 0.466 e. The van der Waals surface area contributed by atoms with E-state index >= 15 is 0 Å². The van der Waals surface area contributed by atoms with Crippen molar-refractivity contribution in [3.05, 3.63) is 0 Å². The van der Waals surface area contributed by atoms with Crippen molar-refractivity contribution in [1.82, 2.24) is 5.32 Å². The number of carbonyl (C=O) groups excluding carboxylic acids is 1. The monoisotopic (exact) mass is 257 g/mol. The van der Waals surface area contributed by atoms with Crippen LogP contribution in [0.5, 0.6) is 0 Å². The minimum absolute atomic E-state index is 0.0657. The Labute approximate surface area is 110 Å². The van der Waals surface area contributed by atoms with Crippen molar-refractivity contribution in [2.24, 2.45) is 0 Å². The standard InChI is InChI=1S/C14H27NO3/c1-3-17-13-10-12(11-13)15-9-7-5-6-8-14(16)18-4-2/h12-13,15H,3-11H2,1-2H3. The van der Waals surface area contributed by atoms with Gasteiger partial charge in [-0.3, -0.25) is 4.79 Å². The molecule has 106 valence electrons. The van der Waals surface area contributed by atoms with E-state index in [1.165, 1.54) is 0 Å². The summed E-state index contributed by atoms with van der Waals surface area (Å²) in [6, 6.07) is 0.645. The molecule has 4 heteroatoms. The molecule has 1 aliphatic carbocycles. The second-order valence-corrected chi connectivity index (χ2v) is 4.82. The van der Waals surface area contributed by atoms with Crippen LogP contribution in [-0.4, -0.2) is 37.9 Å². The van der Waals surface area contributed by atoms with Crippen molar-refractivity contribution in [3.8, 4) is 0 Å². The molecule has 1 saturated carbocycles. The van der Waals surface area contributed by atoms with Crippen molar-refractivity contribution >= 4 is 5.97 Å². The van der Waals surface area contributed by atoms with Gasteiger partial charge < -0.3 is 14.8 Å². The van der Waals surface area contributed by atoms with Crippen LogP contribution < -0.4 is 5.32 Å². The lowest BCUT2D eigenvalue weighted by molar-refractivity contribution is -0.143. The molecule has 0 unspecified atom stereocenters. The zero-order valence-corrected chi connectivity index (χ0v) is 11.7. The third-order valence-corrected chi connectivity index (χ3v) is 3.29. The molecule has 1 rings (SSSR count). The third kappa shape index (κ3) is 6.36. The molecule has 0 aromatic carbocycles. The molecule has 1 aliphatic rings. The molecule has 1 fully saturated rings. The number of esters is 1. The number of hydrogen-bond donors (Lipinski definition) is 1. The predicted octanol–water partition coefficient (Wildman–Crippen LogP) is 2.27. The maximum atomic E-state index is 11.1. The van der Waals surface area contributed by atoms with Crippen LogP contribution in [0.25, 0.3) is 0 Å². The van der Waals surface area contributed by atoms with Crippen LogP contribution in [0.3, 0.4) is 0 Å². The summed E-state index contributed by atoms with van der Waals surface area (Å²) in [5, 5.41) is 3.52. The van der Waals surface area contributed by atoms with E-state index in [4.69, 9.17) is 9.47 Å². The molecule has 0 aromatic rings. The zero-order valence-electron chi connectivity index (χ0n) is 11.7. The second-order valence-electron chi connectivity index (χ2n) is 4.82. The lowest BCUT2D eigenvalue weighted by Gasteiger charge is -2.35. The molecular weight excluding hydrogens is 230 g/mol. The number of ether oxygens (including phenoxy) is 2. The van der Waals surface area contributed by atoms with E-state index in [1.54, 1.807) is 0 Å². The summed E-state index contributed by atoms with van der Waals surface area (Å²) in [6.07, 6.45) is 6.50. The van der Waals surface area contributed by atoms with E-state index in [-0.39, 0.29) is 5.97 Å². The van der Waals surface area contributed by atoms with E-state index in [1.807, 2.05) is 13.8 Å². The molecule has 0 bridgehead atoms. The molecule has 0 spiro atoms. The molecule has 4 nitrogen and oxygen atoms in total. The molecule has 0 atom stereocenters. The van der Waals surface area contributed by atoms with Crippen molar-refractivity contribution in [3.63, 3.8) is 0 Å². The fourth-order valence-corrected chi connectivity index (χ4v) is 2.21. The van der Waals surface area contributed by atoms with Crippen LogP contribution in [0.1, 0.15) is 52.4 Å². The van der Waals surface area contributed by atoms with Crippen LogP contribution >= 0.6 is 0 Å². The highest BCUT2D eigenvalue weighted by atomic mass is 16.5. The van der Waals surface area contributed by atoms with Gasteiger partial charge >= 0.3 is 5.97 Å². The Bertz CT molecular complexity index is 227. The molecule has 0 heterocycles. The van der Waals surface area contributed by atoms with Gasteiger partial charge in [-0.1, -0.05) is 6.42 Å².